The number of piperazine rings is 1. The van der Waals surface area contributed by atoms with Crippen LogP contribution >= 0.6 is 0 Å². The third-order valence-electron chi connectivity index (χ3n) is 3.95. The predicted molar refractivity (Wildman–Crippen MR) is 82.5 cm³/mol. The minimum absolute atomic E-state index is 0.00974. The van der Waals surface area contributed by atoms with Crippen LogP contribution in [0.25, 0.3) is 0 Å². The molecule has 2 amide bonds. The van der Waals surface area contributed by atoms with Gasteiger partial charge in [-0.05, 0) is 25.2 Å². The third kappa shape index (κ3) is 4.47. The molecule has 0 aliphatic carbocycles. The fourth-order valence-electron chi connectivity index (χ4n) is 2.56. The second-order valence-electron chi connectivity index (χ2n) is 5.61. The van der Waals surface area contributed by atoms with Crippen molar-refractivity contribution in [2.45, 2.75) is 12.6 Å². The standard InChI is InChI=1S/C16H20F3N3O2/c1-20-6-5-14(23)21-7-9-22(10-8-21)15(24)12-3-2-4-13(11-12)16(17,18)19/h2-4,11,20H,5-10H2,1H3. The average molecular weight is 343 g/mol. The van der Waals surface area contributed by atoms with Gasteiger partial charge in [0.15, 0.2) is 0 Å². The van der Waals surface area contributed by atoms with Gasteiger partial charge in [-0.1, -0.05) is 6.07 Å². The number of amides is 2. The molecule has 24 heavy (non-hydrogen) atoms. The van der Waals surface area contributed by atoms with Crippen molar-refractivity contribution in [1.82, 2.24) is 15.1 Å². The molecule has 1 saturated heterocycles. The van der Waals surface area contributed by atoms with Crippen LogP contribution in [0, 0.1) is 0 Å². The molecule has 5 nitrogen and oxygen atoms in total. The van der Waals surface area contributed by atoms with Crippen LogP contribution in [0.1, 0.15) is 22.3 Å². The first-order valence-corrected chi connectivity index (χ1v) is 7.72. The maximum absolute atomic E-state index is 12.7. The minimum atomic E-state index is -4.48. The Kier molecular flexibility index (Phi) is 5.82. The first kappa shape index (κ1) is 18.3. The Labute approximate surface area is 138 Å². The molecule has 0 atom stereocenters. The number of nitrogens with one attached hydrogen (secondary N) is 1. The zero-order chi connectivity index (χ0) is 17.7. The number of nitrogens with zero attached hydrogens (tertiary/aromatic N) is 2. The van der Waals surface area contributed by atoms with E-state index in [0.29, 0.717) is 39.1 Å². The van der Waals surface area contributed by atoms with E-state index in [-0.39, 0.29) is 11.5 Å². The smallest absolute Gasteiger partial charge is 0.339 e. The molecule has 1 aliphatic heterocycles. The van der Waals surface area contributed by atoms with E-state index in [1.807, 2.05) is 0 Å². The van der Waals surface area contributed by atoms with Crippen molar-refractivity contribution in [3.8, 4) is 0 Å². The van der Waals surface area contributed by atoms with E-state index in [0.717, 1.165) is 12.1 Å². The molecule has 8 heteroatoms. The number of hydrogen-bond donors (Lipinski definition) is 1. The summed E-state index contributed by atoms with van der Waals surface area (Å²) in [6.07, 6.45) is -4.09. The van der Waals surface area contributed by atoms with Crippen LogP contribution in [0.2, 0.25) is 0 Å². The predicted octanol–water partition coefficient (Wildman–Crippen LogP) is 1.60. The quantitative estimate of drug-likeness (QED) is 0.904. The van der Waals surface area contributed by atoms with E-state index in [9.17, 15) is 22.8 Å². The molecular weight excluding hydrogens is 323 g/mol. The highest BCUT2D eigenvalue weighted by molar-refractivity contribution is 5.94. The van der Waals surface area contributed by atoms with E-state index in [1.165, 1.54) is 17.0 Å². The molecule has 1 aromatic carbocycles. The van der Waals surface area contributed by atoms with Gasteiger partial charge in [0.05, 0.1) is 5.56 Å². The van der Waals surface area contributed by atoms with Crippen molar-refractivity contribution in [3.05, 3.63) is 35.4 Å². The second kappa shape index (κ2) is 7.65. The van der Waals surface area contributed by atoms with Crippen molar-refractivity contribution < 1.29 is 22.8 Å². The summed E-state index contributed by atoms with van der Waals surface area (Å²) >= 11 is 0. The maximum Gasteiger partial charge on any atom is 0.416 e. The average Bonchev–Trinajstić information content (AvgIpc) is 2.58. The number of halogens is 3. The fraction of sp³-hybridized carbons (Fsp3) is 0.500. The van der Waals surface area contributed by atoms with Crippen LogP contribution in [0.3, 0.4) is 0 Å². The lowest BCUT2D eigenvalue weighted by molar-refractivity contribution is -0.137. The molecule has 0 aromatic heterocycles. The second-order valence-corrected chi connectivity index (χ2v) is 5.61. The minimum Gasteiger partial charge on any atom is -0.339 e. The molecule has 0 spiro atoms. The number of benzene rings is 1. The topological polar surface area (TPSA) is 52.7 Å². The highest BCUT2D eigenvalue weighted by Gasteiger charge is 2.32. The first-order chi connectivity index (χ1) is 11.3. The van der Waals surface area contributed by atoms with Crippen LogP contribution in [0.15, 0.2) is 24.3 Å². The third-order valence-corrected chi connectivity index (χ3v) is 3.95. The molecule has 0 unspecified atom stereocenters. The van der Waals surface area contributed by atoms with E-state index in [1.54, 1.807) is 11.9 Å². The summed E-state index contributed by atoms with van der Waals surface area (Å²) in [6.45, 7) is 2.02. The molecule has 132 valence electrons. The van der Waals surface area contributed by atoms with Crippen molar-refractivity contribution in [3.63, 3.8) is 0 Å². The van der Waals surface area contributed by atoms with Gasteiger partial charge in [0.1, 0.15) is 0 Å². The van der Waals surface area contributed by atoms with E-state index >= 15 is 0 Å². The number of carbonyl (C=O) groups is 2. The summed E-state index contributed by atoms with van der Waals surface area (Å²) in [4.78, 5) is 27.4. The highest BCUT2D eigenvalue weighted by Crippen LogP contribution is 2.29. The fourth-order valence-corrected chi connectivity index (χ4v) is 2.56. The van der Waals surface area contributed by atoms with Gasteiger partial charge < -0.3 is 15.1 Å². The van der Waals surface area contributed by atoms with Gasteiger partial charge in [-0.25, -0.2) is 0 Å². The summed E-state index contributed by atoms with van der Waals surface area (Å²) in [6, 6.07) is 4.41. The summed E-state index contributed by atoms with van der Waals surface area (Å²) in [5, 5.41) is 2.90. The first-order valence-electron chi connectivity index (χ1n) is 7.72. The maximum atomic E-state index is 12.7. The Morgan fingerprint density at radius 2 is 1.75 bits per heavy atom. The number of rotatable bonds is 4. The Morgan fingerprint density at radius 1 is 1.12 bits per heavy atom. The van der Waals surface area contributed by atoms with Crippen molar-refractivity contribution in [1.29, 1.82) is 0 Å². The van der Waals surface area contributed by atoms with Gasteiger partial charge in [0, 0.05) is 44.7 Å². The molecule has 1 heterocycles. The number of carbonyl (C=O) groups excluding carboxylic acids is 2. The normalized spacial score (nSPS) is 15.5. The van der Waals surface area contributed by atoms with E-state index in [2.05, 4.69) is 5.32 Å². The Bertz CT molecular complexity index is 596. The highest BCUT2D eigenvalue weighted by atomic mass is 19.4. The SMILES string of the molecule is CNCCC(=O)N1CCN(C(=O)c2cccc(C(F)(F)F)c2)CC1. The largest absolute Gasteiger partial charge is 0.416 e. The molecule has 0 saturated carbocycles. The van der Waals surface area contributed by atoms with Crippen molar-refractivity contribution in [2.24, 2.45) is 0 Å². The van der Waals surface area contributed by atoms with Crippen LogP contribution in [-0.2, 0) is 11.0 Å². The summed E-state index contributed by atoms with van der Waals surface area (Å²) in [5.41, 5.74) is -0.825. The Hall–Kier alpha value is -2.09. The Morgan fingerprint density at radius 3 is 2.33 bits per heavy atom. The van der Waals surface area contributed by atoms with Gasteiger partial charge in [-0.15, -0.1) is 0 Å². The van der Waals surface area contributed by atoms with Gasteiger partial charge in [-0.2, -0.15) is 13.2 Å². The zero-order valence-electron chi connectivity index (χ0n) is 13.4. The molecule has 1 aliphatic rings. The lowest BCUT2D eigenvalue weighted by Gasteiger charge is -2.35. The van der Waals surface area contributed by atoms with Crippen molar-refractivity contribution >= 4 is 11.8 Å². The Balaban J connectivity index is 1.97. The van der Waals surface area contributed by atoms with Crippen LogP contribution < -0.4 is 5.32 Å². The zero-order valence-corrected chi connectivity index (χ0v) is 13.4. The van der Waals surface area contributed by atoms with Crippen LogP contribution in [0.4, 0.5) is 13.2 Å². The number of alkyl halides is 3. The molecule has 1 fully saturated rings. The lowest BCUT2D eigenvalue weighted by Crippen LogP contribution is -2.50. The van der Waals surface area contributed by atoms with E-state index in [4.69, 9.17) is 0 Å². The molecule has 0 bridgehead atoms. The lowest BCUT2D eigenvalue weighted by atomic mass is 10.1. The van der Waals surface area contributed by atoms with Gasteiger partial charge in [0.25, 0.3) is 5.91 Å². The summed E-state index contributed by atoms with van der Waals surface area (Å²) in [5.74, 6) is -0.432. The molecule has 2 rings (SSSR count). The molecule has 1 N–H and O–H groups in total. The number of hydrogen-bond acceptors (Lipinski definition) is 3. The summed E-state index contributed by atoms with van der Waals surface area (Å²) in [7, 11) is 1.76. The van der Waals surface area contributed by atoms with Crippen LogP contribution in [0.5, 0.6) is 0 Å². The van der Waals surface area contributed by atoms with Gasteiger partial charge in [0.2, 0.25) is 5.91 Å². The summed E-state index contributed by atoms with van der Waals surface area (Å²) < 4.78 is 38.2. The molecule has 1 aromatic rings. The molecule has 0 radical (unpaired) electrons. The monoisotopic (exact) mass is 343 g/mol. The molecular formula is C16H20F3N3O2. The van der Waals surface area contributed by atoms with Gasteiger partial charge in [-0.3, -0.25) is 9.59 Å². The van der Waals surface area contributed by atoms with Gasteiger partial charge >= 0.3 is 6.18 Å². The van der Waals surface area contributed by atoms with E-state index < -0.39 is 17.6 Å². The van der Waals surface area contributed by atoms with Crippen molar-refractivity contribution in [2.75, 3.05) is 39.8 Å². The van der Waals surface area contributed by atoms with Crippen LogP contribution in [-0.4, -0.2) is 61.4 Å².